The number of fused-ring (bicyclic) bond motifs is 1. The Bertz CT molecular complexity index is 647. The molecule has 1 atom stereocenters. The summed E-state index contributed by atoms with van der Waals surface area (Å²) in [7, 11) is 0. The summed E-state index contributed by atoms with van der Waals surface area (Å²) in [4.78, 5) is 7.11. The zero-order chi connectivity index (χ0) is 13.7. The molecule has 2 aromatic rings. The van der Waals surface area contributed by atoms with Crippen molar-refractivity contribution in [2.45, 2.75) is 38.0 Å². The van der Waals surface area contributed by atoms with Gasteiger partial charge in [-0.25, -0.2) is 4.98 Å². The SMILES string of the molecule is Nc1ccc2c(c1)nc(CO)n2C1CCN(C2CC2)C1. The van der Waals surface area contributed by atoms with Crippen LogP contribution in [0.15, 0.2) is 18.2 Å². The lowest BCUT2D eigenvalue weighted by molar-refractivity contribution is 0.259. The van der Waals surface area contributed by atoms with Crippen molar-refractivity contribution in [1.82, 2.24) is 14.5 Å². The first-order chi connectivity index (χ1) is 9.76. The second kappa shape index (κ2) is 4.46. The van der Waals surface area contributed by atoms with Crippen molar-refractivity contribution in [1.29, 1.82) is 0 Å². The summed E-state index contributed by atoms with van der Waals surface area (Å²) in [5.74, 6) is 0.758. The molecule has 20 heavy (non-hydrogen) atoms. The summed E-state index contributed by atoms with van der Waals surface area (Å²) in [5.41, 5.74) is 8.52. The summed E-state index contributed by atoms with van der Waals surface area (Å²) in [6.07, 6.45) is 3.83. The van der Waals surface area contributed by atoms with E-state index in [1.165, 1.54) is 12.8 Å². The van der Waals surface area contributed by atoms with Gasteiger partial charge in [-0.15, -0.1) is 0 Å². The number of aliphatic hydroxyl groups excluding tert-OH is 1. The molecule has 1 unspecified atom stereocenters. The Morgan fingerprint density at radius 3 is 2.85 bits per heavy atom. The minimum Gasteiger partial charge on any atom is -0.399 e. The Kier molecular flexibility index (Phi) is 2.72. The molecule has 4 rings (SSSR count). The minimum absolute atomic E-state index is 0.0193. The van der Waals surface area contributed by atoms with E-state index in [1.807, 2.05) is 18.2 Å². The molecular weight excluding hydrogens is 252 g/mol. The van der Waals surface area contributed by atoms with Crippen LogP contribution in [0.5, 0.6) is 0 Å². The van der Waals surface area contributed by atoms with E-state index in [1.54, 1.807) is 0 Å². The van der Waals surface area contributed by atoms with Gasteiger partial charge in [0.25, 0.3) is 0 Å². The van der Waals surface area contributed by atoms with E-state index in [0.717, 1.165) is 48.1 Å². The summed E-state index contributed by atoms with van der Waals surface area (Å²) >= 11 is 0. The van der Waals surface area contributed by atoms with E-state index in [0.29, 0.717) is 6.04 Å². The first-order valence-electron chi connectivity index (χ1n) is 7.37. The summed E-state index contributed by atoms with van der Waals surface area (Å²) in [6, 6.07) is 7.05. The number of hydrogen-bond acceptors (Lipinski definition) is 4. The monoisotopic (exact) mass is 272 g/mol. The van der Waals surface area contributed by atoms with Crippen molar-refractivity contribution in [2.24, 2.45) is 0 Å². The molecule has 1 aliphatic heterocycles. The molecule has 1 aromatic heterocycles. The van der Waals surface area contributed by atoms with E-state index >= 15 is 0 Å². The highest BCUT2D eigenvalue weighted by atomic mass is 16.3. The van der Waals surface area contributed by atoms with Crippen LogP contribution < -0.4 is 5.73 Å². The van der Waals surface area contributed by atoms with Gasteiger partial charge in [0.05, 0.1) is 11.0 Å². The molecule has 5 nitrogen and oxygen atoms in total. The molecule has 1 saturated heterocycles. The molecule has 2 heterocycles. The first kappa shape index (κ1) is 12.2. The molecule has 2 fully saturated rings. The van der Waals surface area contributed by atoms with Crippen LogP contribution in [0, 0.1) is 0 Å². The van der Waals surface area contributed by atoms with Crippen molar-refractivity contribution in [3.8, 4) is 0 Å². The Morgan fingerprint density at radius 1 is 1.25 bits per heavy atom. The van der Waals surface area contributed by atoms with Crippen molar-refractivity contribution in [3.63, 3.8) is 0 Å². The van der Waals surface area contributed by atoms with Crippen molar-refractivity contribution < 1.29 is 5.11 Å². The van der Waals surface area contributed by atoms with Gasteiger partial charge in [0.2, 0.25) is 0 Å². The molecule has 0 amide bonds. The van der Waals surface area contributed by atoms with E-state index in [9.17, 15) is 5.11 Å². The standard InChI is InChI=1S/C15H20N4O/c16-10-1-4-14-13(7-10)17-15(9-20)19(14)12-5-6-18(8-12)11-2-3-11/h1,4,7,11-12,20H,2-3,5-6,8-9,16H2. The molecule has 3 N–H and O–H groups in total. The summed E-state index contributed by atoms with van der Waals surface area (Å²) < 4.78 is 2.22. The third-order valence-corrected chi connectivity index (χ3v) is 4.55. The summed E-state index contributed by atoms with van der Waals surface area (Å²) in [6.45, 7) is 2.22. The zero-order valence-corrected chi connectivity index (χ0v) is 11.5. The quantitative estimate of drug-likeness (QED) is 0.831. The number of aromatic nitrogens is 2. The van der Waals surface area contributed by atoms with Gasteiger partial charge in [-0.1, -0.05) is 0 Å². The molecular formula is C15H20N4O. The fourth-order valence-corrected chi connectivity index (χ4v) is 3.43. The predicted molar refractivity (Wildman–Crippen MR) is 78.3 cm³/mol. The van der Waals surface area contributed by atoms with Gasteiger partial charge < -0.3 is 15.4 Å². The van der Waals surface area contributed by atoms with Crippen molar-refractivity contribution in [3.05, 3.63) is 24.0 Å². The summed E-state index contributed by atoms with van der Waals surface area (Å²) in [5, 5.41) is 9.61. The largest absolute Gasteiger partial charge is 0.399 e. The average Bonchev–Trinajstić information content (AvgIpc) is 3.07. The predicted octanol–water partition coefficient (Wildman–Crippen LogP) is 1.52. The Morgan fingerprint density at radius 2 is 2.10 bits per heavy atom. The Balaban J connectivity index is 1.74. The van der Waals surface area contributed by atoms with Crippen molar-refractivity contribution in [2.75, 3.05) is 18.8 Å². The van der Waals surface area contributed by atoms with E-state index in [-0.39, 0.29) is 6.61 Å². The van der Waals surface area contributed by atoms with Gasteiger partial charge in [0.1, 0.15) is 12.4 Å². The molecule has 1 saturated carbocycles. The van der Waals surface area contributed by atoms with Crippen LogP contribution in [0.25, 0.3) is 11.0 Å². The number of nitrogens with zero attached hydrogens (tertiary/aromatic N) is 3. The highest BCUT2D eigenvalue weighted by Crippen LogP contribution is 2.35. The van der Waals surface area contributed by atoms with Gasteiger partial charge in [0, 0.05) is 30.9 Å². The minimum atomic E-state index is -0.0193. The maximum atomic E-state index is 9.61. The smallest absolute Gasteiger partial charge is 0.136 e. The number of aliphatic hydroxyl groups is 1. The number of likely N-dealkylation sites (tertiary alicyclic amines) is 1. The normalized spacial score (nSPS) is 23.8. The third-order valence-electron chi connectivity index (χ3n) is 4.55. The van der Waals surface area contributed by atoms with Crippen LogP contribution in [-0.4, -0.2) is 38.7 Å². The van der Waals surface area contributed by atoms with Gasteiger partial charge in [-0.3, -0.25) is 4.90 Å². The highest BCUT2D eigenvalue weighted by Gasteiger charge is 2.35. The zero-order valence-electron chi connectivity index (χ0n) is 11.5. The fourth-order valence-electron chi connectivity index (χ4n) is 3.43. The van der Waals surface area contributed by atoms with E-state index < -0.39 is 0 Å². The third kappa shape index (κ3) is 1.89. The molecule has 0 spiro atoms. The van der Waals surface area contributed by atoms with E-state index in [2.05, 4.69) is 14.5 Å². The highest BCUT2D eigenvalue weighted by molar-refractivity contribution is 5.79. The molecule has 0 bridgehead atoms. The maximum absolute atomic E-state index is 9.61. The number of imidazole rings is 1. The van der Waals surface area contributed by atoms with Crippen LogP contribution in [-0.2, 0) is 6.61 Å². The lowest BCUT2D eigenvalue weighted by Gasteiger charge is -2.18. The number of rotatable bonds is 3. The number of hydrogen-bond donors (Lipinski definition) is 2. The topological polar surface area (TPSA) is 67.3 Å². The van der Waals surface area contributed by atoms with Gasteiger partial charge in [0.15, 0.2) is 0 Å². The lowest BCUT2D eigenvalue weighted by atomic mass is 10.2. The van der Waals surface area contributed by atoms with Crippen LogP contribution in [0.4, 0.5) is 5.69 Å². The second-order valence-electron chi connectivity index (χ2n) is 5.97. The Labute approximate surface area is 118 Å². The number of anilines is 1. The van der Waals surface area contributed by atoms with Crippen LogP contribution >= 0.6 is 0 Å². The maximum Gasteiger partial charge on any atom is 0.136 e. The van der Waals surface area contributed by atoms with Crippen LogP contribution in [0.3, 0.4) is 0 Å². The van der Waals surface area contributed by atoms with Gasteiger partial charge >= 0.3 is 0 Å². The molecule has 0 radical (unpaired) electrons. The average molecular weight is 272 g/mol. The van der Waals surface area contributed by atoms with Crippen molar-refractivity contribution >= 4 is 16.7 Å². The molecule has 1 aliphatic carbocycles. The number of nitrogens with two attached hydrogens (primary N) is 1. The van der Waals surface area contributed by atoms with Gasteiger partial charge in [-0.05, 0) is 37.5 Å². The van der Waals surface area contributed by atoms with Gasteiger partial charge in [-0.2, -0.15) is 0 Å². The fraction of sp³-hybridized carbons (Fsp3) is 0.533. The first-order valence-corrected chi connectivity index (χ1v) is 7.37. The lowest BCUT2D eigenvalue weighted by Crippen LogP contribution is -2.24. The van der Waals surface area contributed by atoms with E-state index in [4.69, 9.17) is 5.73 Å². The Hall–Kier alpha value is -1.59. The molecule has 106 valence electrons. The molecule has 2 aliphatic rings. The number of nitrogen functional groups attached to an aromatic ring is 1. The number of benzene rings is 1. The second-order valence-corrected chi connectivity index (χ2v) is 5.97. The molecule has 1 aromatic carbocycles. The van der Waals surface area contributed by atoms with Crippen LogP contribution in [0.1, 0.15) is 31.1 Å². The van der Waals surface area contributed by atoms with Crippen LogP contribution in [0.2, 0.25) is 0 Å². The molecule has 5 heteroatoms.